The van der Waals surface area contributed by atoms with Crippen LogP contribution in [0.25, 0.3) is 0 Å². The largest absolute Gasteiger partial charge is 0.469 e. The lowest BCUT2D eigenvalue weighted by molar-refractivity contribution is -0.161. The molecule has 0 radical (unpaired) electrons. The Balaban J connectivity index is 3.97. The first-order chi connectivity index (χ1) is 28.1. The Labute approximate surface area is 355 Å². The Morgan fingerprint density at radius 1 is 0.603 bits per heavy atom. The number of aliphatic hydroxyl groups excluding tert-OH is 1. The lowest BCUT2D eigenvalue weighted by Gasteiger charge is -2.18. The van der Waals surface area contributed by atoms with E-state index in [1.54, 1.807) is 6.08 Å². The van der Waals surface area contributed by atoms with Crippen molar-refractivity contribution in [2.45, 2.75) is 226 Å². The van der Waals surface area contributed by atoms with Crippen LogP contribution >= 0.6 is 7.82 Å². The van der Waals surface area contributed by atoms with Gasteiger partial charge in [-0.05, 0) is 50.9 Å². The van der Waals surface area contributed by atoms with Crippen molar-refractivity contribution in [3.05, 3.63) is 48.6 Å². The summed E-state index contributed by atoms with van der Waals surface area (Å²) in [6, 6.07) is 0. The first-order valence-corrected chi connectivity index (χ1v) is 25.0. The zero-order valence-corrected chi connectivity index (χ0v) is 38.1. The summed E-state index contributed by atoms with van der Waals surface area (Å²) in [5, 5.41) is 10.0. The zero-order chi connectivity index (χ0) is 42.8. The van der Waals surface area contributed by atoms with Crippen LogP contribution in [0.3, 0.4) is 0 Å². The molecule has 58 heavy (non-hydrogen) atoms. The molecule has 338 valence electrons. The van der Waals surface area contributed by atoms with Crippen LogP contribution in [0.5, 0.6) is 0 Å². The molecule has 0 rings (SSSR count). The summed E-state index contributed by atoms with van der Waals surface area (Å²) in [4.78, 5) is 43.0. The predicted molar refractivity (Wildman–Crippen MR) is 240 cm³/mol. The van der Waals surface area contributed by atoms with Gasteiger partial charge >= 0.3 is 19.8 Å². The predicted octanol–water partition coefficient (Wildman–Crippen LogP) is 13.5. The standard InChI is InChI=1S/C48H87O9P/c1-4-6-7-8-22-28-33-38-45(49)39-34-29-24-21-26-30-35-40-47(50)55-42-46(43-56-58(52,53)54)57-48(51)41-36-31-25-20-18-16-14-12-10-9-11-13-15-17-19-23-27-32-37-44(3)5-2/h21-22,26,28-29,33-34,38,44-46,49H,4-20,23-25,27,30-32,35-37,39-43H2,1-3H3,(H2,52,53,54)/b26-21+,28-22-,34-29-,38-33-/t44?,45-,46-/m1/s1. The second kappa shape index (κ2) is 41.7. The van der Waals surface area contributed by atoms with E-state index in [0.29, 0.717) is 25.7 Å². The molecule has 0 saturated carbocycles. The van der Waals surface area contributed by atoms with Gasteiger partial charge in [0.15, 0.2) is 6.10 Å². The van der Waals surface area contributed by atoms with Gasteiger partial charge in [0.05, 0.1) is 12.7 Å². The summed E-state index contributed by atoms with van der Waals surface area (Å²) in [5.74, 6) is -0.0916. The van der Waals surface area contributed by atoms with Gasteiger partial charge in [0, 0.05) is 12.8 Å². The van der Waals surface area contributed by atoms with Crippen molar-refractivity contribution in [3.8, 4) is 0 Å². The highest BCUT2D eigenvalue weighted by Crippen LogP contribution is 2.36. The number of phosphoric ester groups is 1. The van der Waals surface area contributed by atoms with Crippen LogP contribution in [-0.4, -0.2) is 52.3 Å². The fourth-order valence-electron chi connectivity index (χ4n) is 6.54. The number of hydrogen-bond donors (Lipinski definition) is 3. The average Bonchev–Trinajstić information content (AvgIpc) is 3.19. The van der Waals surface area contributed by atoms with Crippen LogP contribution < -0.4 is 0 Å². The minimum absolute atomic E-state index is 0.158. The molecule has 0 amide bonds. The molecule has 9 nitrogen and oxygen atoms in total. The monoisotopic (exact) mass is 839 g/mol. The summed E-state index contributed by atoms with van der Waals surface area (Å²) in [7, 11) is -4.78. The molecule has 0 aromatic heterocycles. The van der Waals surface area contributed by atoms with Gasteiger partial charge in [-0.25, -0.2) is 4.57 Å². The van der Waals surface area contributed by atoms with Gasteiger partial charge in [0.25, 0.3) is 0 Å². The molecule has 3 N–H and O–H groups in total. The number of allylic oxidation sites excluding steroid dienone is 6. The average molecular weight is 839 g/mol. The van der Waals surface area contributed by atoms with Crippen LogP contribution in [0.15, 0.2) is 48.6 Å². The highest BCUT2D eigenvalue weighted by atomic mass is 31.2. The van der Waals surface area contributed by atoms with Crippen molar-refractivity contribution in [1.29, 1.82) is 0 Å². The fraction of sp³-hybridized carbons (Fsp3) is 0.792. The summed E-state index contributed by atoms with van der Waals surface area (Å²) in [6.07, 6.45) is 47.2. The second-order valence-corrected chi connectivity index (χ2v) is 17.4. The molecule has 3 atom stereocenters. The lowest BCUT2D eigenvalue weighted by atomic mass is 9.99. The molecule has 0 spiro atoms. The van der Waals surface area contributed by atoms with E-state index in [0.717, 1.165) is 38.0 Å². The van der Waals surface area contributed by atoms with E-state index >= 15 is 0 Å². The number of esters is 2. The van der Waals surface area contributed by atoms with Crippen molar-refractivity contribution in [1.82, 2.24) is 0 Å². The Hall–Kier alpha value is -2.03. The molecule has 0 fully saturated rings. The van der Waals surface area contributed by atoms with E-state index in [2.05, 4.69) is 31.4 Å². The van der Waals surface area contributed by atoms with Gasteiger partial charge in [-0.3, -0.25) is 14.1 Å². The van der Waals surface area contributed by atoms with Gasteiger partial charge in [0.2, 0.25) is 0 Å². The van der Waals surface area contributed by atoms with Crippen molar-refractivity contribution in [3.63, 3.8) is 0 Å². The van der Waals surface area contributed by atoms with Crippen LogP contribution in [0, 0.1) is 5.92 Å². The SMILES string of the molecule is CCCCC/C=C\C=C/[C@@H](O)C/C=C\C/C=C/CCCC(=O)OC[C@H](COP(=O)(O)O)OC(=O)CCCCCCCCCCCCCCCCCCCCC(C)CC. The summed E-state index contributed by atoms with van der Waals surface area (Å²) < 4.78 is 26.4. The maximum absolute atomic E-state index is 12.5. The van der Waals surface area contributed by atoms with Crippen molar-refractivity contribution < 1.29 is 43.0 Å². The van der Waals surface area contributed by atoms with Crippen LogP contribution in [0.4, 0.5) is 0 Å². The molecule has 0 bridgehead atoms. The molecule has 10 heteroatoms. The smallest absolute Gasteiger partial charge is 0.462 e. The Kier molecular flexibility index (Phi) is 40.2. The molecule has 0 heterocycles. The highest BCUT2D eigenvalue weighted by Gasteiger charge is 2.23. The zero-order valence-electron chi connectivity index (χ0n) is 37.2. The number of phosphoric acid groups is 1. The maximum Gasteiger partial charge on any atom is 0.469 e. The molecular formula is C48H87O9P. The third-order valence-corrected chi connectivity index (χ3v) is 11.0. The van der Waals surface area contributed by atoms with Gasteiger partial charge in [-0.2, -0.15) is 0 Å². The molecule has 0 aliphatic heterocycles. The summed E-state index contributed by atoms with van der Waals surface area (Å²) in [6.45, 7) is 5.95. The number of unbranched alkanes of at least 4 members (excludes halogenated alkanes) is 21. The Bertz CT molecular complexity index is 1110. The summed E-state index contributed by atoms with van der Waals surface area (Å²) >= 11 is 0. The van der Waals surface area contributed by atoms with E-state index in [-0.39, 0.29) is 19.4 Å². The fourth-order valence-corrected chi connectivity index (χ4v) is 6.90. The first-order valence-electron chi connectivity index (χ1n) is 23.4. The van der Waals surface area contributed by atoms with Crippen molar-refractivity contribution in [2.24, 2.45) is 5.92 Å². The van der Waals surface area contributed by atoms with Gasteiger partial charge in [0.1, 0.15) is 6.61 Å². The number of ether oxygens (including phenoxy) is 2. The quantitative estimate of drug-likeness (QED) is 0.0180. The molecule has 0 aromatic rings. The number of carbonyl (C=O) groups excluding carboxylic acids is 2. The van der Waals surface area contributed by atoms with E-state index in [1.807, 2.05) is 36.5 Å². The third kappa shape index (κ3) is 43.5. The maximum atomic E-state index is 12.5. The topological polar surface area (TPSA) is 140 Å². The van der Waals surface area contributed by atoms with E-state index in [4.69, 9.17) is 19.3 Å². The van der Waals surface area contributed by atoms with Gasteiger partial charge in [-0.1, -0.05) is 204 Å². The third-order valence-electron chi connectivity index (χ3n) is 10.5. The van der Waals surface area contributed by atoms with Crippen molar-refractivity contribution in [2.75, 3.05) is 13.2 Å². The van der Waals surface area contributed by atoms with E-state index < -0.39 is 38.6 Å². The molecular weight excluding hydrogens is 751 g/mol. The molecule has 0 aromatic carbocycles. The highest BCUT2D eigenvalue weighted by molar-refractivity contribution is 7.46. The minimum Gasteiger partial charge on any atom is -0.462 e. The van der Waals surface area contributed by atoms with Gasteiger partial charge in [-0.15, -0.1) is 0 Å². The second-order valence-electron chi connectivity index (χ2n) is 16.2. The minimum atomic E-state index is -4.78. The number of rotatable bonds is 42. The number of aliphatic hydroxyl groups is 1. The first kappa shape index (κ1) is 56.0. The molecule has 0 aliphatic carbocycles. The molecule has 0 saturated heterocycles. The Morgan fingerprint density at radius 2 is 1.14 bits per heavy atom. The lowest BCUT2D eigenvalue weighted by Crippen LogP contribution is -2.29. The van der Waals surface area contributed by atoms with Crippen molar-refractivity contribution >= 4 is 19.8 Å². The van der Waals surface area contributed by atoms with E-state index in [9.17, 15) is 19.3 Å². The van der Waals surface area contributed by atoms with Crippen LogP contribution in [0.2, 0.25) is 0 Å². The van der Waals surface area contributed by atoms with Crippen LogP contribution in [0.1, 0.15) is 213 Å². The van der Waals surface area contributed by atoms with Gasteiger partial charge < -0.3 is 24.4 Å². The number of carbonyl (C=O) groups is 2. The van der Waals surface area contributed by atoms with E-state index in [1.165, 1.54) is 122 Å². The normalized spacial score (nSPS) is 14.0. The summed E-state index contributed by atoms with van der Waals surface area (Å²) in [5.41, 5.74) is 0. The molecule has 0 aliphatic rings. The van der Waals surface area contributed by atoms with Crippen LogP contribution in [-0.2, 0) is 28.2 Å². The Morgan fingerprint density at radius 3 is 1.71 bits per heavy atom. The molecule has 1 unspecified atom stereocenters. The number of hydrogen-bond acceptors (Lipinski definition) is 7.